The van der Waals surface area contributed by atoms with Gasteiger partial charge in [0.25, 0.3) is 0 Å². The zero-order chi connectivity index (χ0) is 12.8. The first-order valence-electron chi connectivity index (χ1n) is 5.17. The van der Waals surface area contributed by atoms with Crippen molar-refractivity contribution in [1.29, 1.82) is 0 Å². The van der Waals surface area contributed by atoms with Crippen molar-refractivity contribution >= 4 is 15.5 Å². The van der Waals surface area contributed by atoms with Gasteiger partial charge in [-0.05, 0) is 20.8 Å². The Labute approximate surface area is 99.0 Å². The molecule has 0 unspecified atom stereocenters. The SMILES string of the molecule is CC(C)(C)S(=O)(=O)c1cn2cc[nH]c2cc1=O. The molecule has 0 atom stereocenters. The Hall–Kier alpha value is -1.56. The molecule has 2 aromatic heterocycles. The fraction of sp³-hybridized carbons (Fsp3) is 0.364. The quantitative estimate of drug-likeness (QED) is 0.831. The summed E-state index contributed by atoms with van der Waals surface area (Å²) in [6, 6.07) is 1.29. The Morgan fingerprint density at radius 3 is 2.53 bits per heavy atom. The van der Waals surface area contributed by atoms with Crippen molar-refractivity contribution in [2.45, 2.75) is 30.4 Å². The van der Waals surface area contributed by atoms with E-state index in [-0.39, 0.29) is 4.90 Å². The van der Waals surface area contributed by atoms with Crippen LogP contribution in [-0.2, 0) is 9.84 Å². The summed E-state index contributed by atoms with van der Waals surface area (Å²) in [5.41, 5.74) is 0.0882. The summed E-state index contributed by atoms with van der Waals surface area (Å²) in [5.74, 6) is 0. The monoisotopic (exact) mass is 254 g/mol. The van der Waals surface area contributed by atoms with Crippen LogP contribution in [-0.4, -0.2) is 22.5 Å². The molecule has 5 nitrogen and oxygen atoms in total. The maximum atomic E-state index is 12.2. The van der Waals surface area contributed by atoms with E-state index in [0.29, 0.717) is 5.65 Å². The number of nitrogens with one attached hydrogen (secondary N) is 1. The summed E-state index contributed by atoms with van der Waals surface area (Å²) in [5, 5.41) is 0. The van der Waals surface area contributed by atoms with Gasteiger partial charge in [0.15, 0.2) is 9.84 Å². The van der Waals surface area contributed by atoms with Gasteiger partial charge in [0.1, 0.15) is 10.5 Å². The molecule has 0 saturated carbocycles. The molecule has 2 heterocycles. The molecule has 0 bridgehead atoms. The van der Waals surface area contributed by atoms with Crippen LogP contribution < -0.4 is 5.43 Å². The van der Waals surface area contributed by atoms with Crippen LogP contribution in [0, 0.1) is 0 Å². The second kappa shape index (κ2) is 3.46. The fourth-order valence-electron chi connectivity index (χ4n) is 1.50. The lowest BCUT2D eigenvalue weighted by Crippen LogP contribution is -2.32. The summed E-state index contributed by atoms with van der Waals surface area (Å²) in [4.78, 5) is 14.5. The van der Waals surface area contributed by atoms with Crippen LogP contribution in [0.15, 0.2) is 34.3 Å². The maximum Gasteiger partial charge on any atom is 0.202 e. The second-order valence-electron chi connectivity index (χ2n) is 4.87. The van der Waals surface area contributed by atoms with Crippen LogP contribution in [0.1, 0.15) is 20.8 Å². The van der Waals surface area contributed by atoms with Gasteiger partial charge in [0.05, 0.1) is 4.75 Å². The molecular weight excluding hydrogens is 240 g/mol. The summed E-state index contributed by atoms with van der Waals surface area (Å²) < 4.78 is 25.0. The number of rotatable bonds is 1. The van der Waals surface area contributed by atoms with Gasteiger partial charge in [-0.1, -0.05) is 0 Å². The fourth-order valence-corrected chi connectivity index (χ4v) is 2.74. The number of hydrogen-bond acceptors (Lipinski definition) is 3. The molecule has 0 radical (unpaired) electrons. The number of H-pyrrole nitrogens is 1. The molecule has 0 aliphatic carbocycles. The highest BCUT2D eigenvalue weighted by molar-refractivity contribution is 7.92. The largest absolute Gasteiger partial charge is 0.346 e. The van der Waals surface area contributed by atoms with E-state index in [4.69, 9.17) is 0 Å². The number of sulfone groups is 1. The number of aromatic amines is 1. The lowest BCUT2D eigenvalue weighted by molar-refractivity contribution is 0.559. The Kier molecular flexibility index (Phi) is 2.43. The number of imidazole rings is 1. The highest BCUT2D eigenvalue weighted by atomic mass is 32.2. The van der Waals surface area contributed by atoms with Crippen LogP contribution >= 0.6 is 0 Å². The van der Waals surface area contributed by atoms with Gasteiger partial charge < -0.3 is 9.38 Å². The van der Waals surface area contributed by atoms with Crippen LogP contribution in [0.4, 0.5) is 0 Å². The van der Waals surface area contributed by atoms with Gasteiger partial charge in [0.2, 0.25) is 5.43 Å². The highest BCUT2D eigenvalue weighted by Crippen LogP contribution is 2.22. The highest BCUT2D eigenvalue weighted by Gasteiger charge is 2.33. The molecule has 6 heteroatoms. The number of nitrogens with zero attached hydrogens (tertiary/aromatic N) is 1. The van der Waals surface area contributed by atoms with Crippen LogP contribution in [0.5, 0.6) is 0 Å². The third-order valence-electron chi connectivity index (χ3n) is 2.61. The Balaban J connectivity index is 2.80. The van der Waals surface area contributed by atoms with Crippen molar-refractivity contribution < 1.29 is 8.42 Å². The number of pyridine rings is 1. The van der Waals surface area contributed by atoms with E-state index in [2.05, 4.69) is 4.98 Å². The van der Waals surface area contributed by atoms with E-state index in [1.807, 2.05) is 0 Å². The zero-order valence-corrected chi connectivity index (χ0v) is 10.7. The molecule has 92 valence electrons. The molecule has 2 rings (SSSR count). The van der Waals surface area contributed by atoms with Crippen LogP contribution in [0.2, 0.25) is 0 Å². The molecule has 0 saturated heterocycles. The van der Waals surface area contributed by atoms with Crippen LogP contribution in [0.25, 0.3) is 5.65 Å². The normalized spacial score (nSPS) is 13.1. The van der Waals surface area contributed by atoms with Crippen molar-refractivity contribution in [3.63, 3.8) is 0 Å². The van der Waals surface area contributed by atoms with Crippen molar-refractivity contribution in [3.05, 3.63) is 34.9 Å². The molecule has 0 aromatic carbocycles. The average molecular weight is 254 g/mol. The molecule has 0 aliphatic rings. The number of fused-ring (bicyclic) bond motifs is 1. The first-order valence-corrected chi connectivity index (χ1v) is 6.66. The molecule has 0 aliphatic heterocycles. The molecular formula is C11H14N2O3S. The van der Waals surface area contributed by atoms with E-state index < -0.39 is 20.0 Å². The molecule has 0 fully saturated rings. The van der Waals surface area contributed by atoms with Gasteiger partial charge >= 0.3 is 0 Å². The van der Waals surface area contributed by atoms with Crippen molar-refractivity contribution in [1.82, 2.24) is 9.38 Å². The standard InChI is InChI=1S/C11H14N2O3S/c1-11(2,3)17(15,16)9-7-13-5-4-12-10(13)6-8(9)14/h4-7,12H,1-3H3. The predicted molar refractivity (Wildman–Crippen MR) is 65.0 cm³/mol. The summed E-state index contributed by atoms with van der Waals surface area (Å²) in [6.07, 6.45) is 4.66. The maximum absolute atomic E-state index is 12.2. The first kappa shape index (κ1) is 11.9. The minimum atomic E-state index is -3.62. The topological polar surface area (TPSA) is 71.4 Å². The van der Waals surface area contributed by atoms with Gasteiger partial charge in [-0.15, -0.1) is 0 Å². The van der Waals surface area contributed by atoms with E-state index >= 15 is 0 Å². The number of hydrogen-bond donors (Lipinski definition) is 1. The average Bonchev–Trinajstić information content (AvgIpc) is 2.61. The Morgan fingerprint density at radius 1 is 1.29 bits per heavy atom. The number of aromatic nitrogens is 2. The lowest BCUT2D eigenvalue weighted by Gasteiger charge is -2.18. The van der Waals surface area contributed by atoms with Gasteiger partial charge in [0, 0.05) is 24.7 Å². The minimum Gasteiger partial charge on any atom is -0.346 e. The smallest absolute Gasteiger partial charge is 0.202 e. The van der Waals surface area contributed by atoms with E-state index in [1.54, 1.807) is 37.6 Å². The first-order chi connectivity index (χ1) is 7.73. The van der Waals surface area contributed by atoms with Gasteiger partial charge in [-0.2, -0.15) is 0 Å². The van der Waals surface area contributed by atoms with Crippen molar-refractivity contribution in [3.8, 4) is 0 Å². The van der Waals surface area contributed by atoms with Crippen molar-refractivity contribution in [2.24, 2.45) is 0 Å². The zero-order valence-electron chi connectivity index (χ0n) is 9.89. The van der Waals surface area contributed by atoms with Gasteiger partial charge in [-0.3, -0.25) is 4.79 Å². The second-order valence-corrected chi connectivity index (χ2v) is 7.54. The third-order valence-corrected chi connectivity index (χ3v) is 5.11. The van der Waals surface area contributed by atoms with E-state index in [9.17, 15) is 13.2 Å². The molecule has 2 aromatic rings. The van der Waals surface area contributed by atoms with Crippen LogP contribution in [0.3, 0.4) is 0 Å². The molecule has 17 heavy (non-hydrogen) atoms. The predicted octanol–water partition coefficient (Wildman–Crippen LogP) is 1.20. The molecule has 0 amide bonds. The van der Waals surface area contributed by atoms with Crippen molar-refractivity contribution in [2.75, 3.05) is 0 Å². The third kappa shape index (κ3) is 1.78. The Morgan fingerprint density at radius 2 is 1.94 bits per heavy atom. The summed E-state index contributed by atoms with van der Waals surface area (Å²) in [6.45, 7) is 4.73. The summed E-state index contributed by atoms with van der Waals surface area (Å²) >= 11 is 0. The molecule has 1 N–H and O–H groups in total. The lowest BCUT2D eigenvalue weighted by atomic mass is 10.3. The van der Waals surface area contributed by atoms with E-state index in [1.165, 1.54) is 12.3 Å². The molecule has 0 spiro atoms. The Bertz CT molecular complexity index is 717. The summed E-state index contributed by atoms with van der Waals surface area (Å²) in [7, 11) is -3.62. The van der Waals surface area contributed by atoms with E-state index in [0.717, 1.165) is 0 Å². The van der Waals surface area contributed by atoms with Gasteiger partial charge in [-0.25, -0.2) is 8.42 Å². The minimum absolute atomic E-state index is 0.165.